The molecule has 0 aromatic rings. The first-order valence-corrected chi connectivity index (χ1v) is 9.86. The molecule has 0 unspecified atom stereocenters. The molecule has 1 atom stereocenters. The summed E-state index contributed by atoms with van der Waals surface area (Å²) in [5.41, 5.74) is 0.112. The van der Waals surface area contributed by atoms with Crippen LogP contribution < -0.4 is 10.2 Å². The van der Waals surface area contributed by atoms with Crippen LogP contribution in [0.15, 0.2) is 0 Å². The summed E-state index contributed by atoms with van der Waals surface area (Å²) in [5, 5.41) is 3.52. The maximum Gasteiger partial charge on any atom is 0.278 e. The molecule has 1 saturated heterocycles. The average molecular weight is 334 g/mol. The third kappa shape index (κ3) is 2.96. The second-order valence-electron chi connectivity index (χ2n) is 9.07. The van der Waals surface area contributed by atoms with Gasteiger partial charge in [-0.1, -0.05) is 0 Å². The van der Waals surface area contributed by atoms with Crippen molar-refractivity contribution in [1.82, 2.24) is 10.2 Å². The second kappa shape index (κ2) is 6.01. The van der Waals surface area contributed by atoms with Gasteiger partial charge in [-0.3, -0.25) is 9.59 Å². The number of carbonyl (C=O) groups is 2. The molecule has 5 aliphatic rings. The minimum atomic E-state index is -0.00730. The first-order chi connectivity index (χ1) is 11.4. The van der Waals surface area contributed by atoms with Crippen molar-refractivity contribution in [3.05, 3.63) is 0 Å². The highest BCUT2D eigenvalue weighted by Gasteiger charge is 2.52. The monoisotopic (exact) mass is 334 g/mol. The zero-order valence-electron chi connectivity index (χ0n) is 15.1. The Bertz CT molecular complexity index is 489. The molecule has 4 saturated carbocycles. The normalized spacial score (nSPS) is 39.8. The Kier molecular flexibility index (Phi) is 4.10. The van der Waals surface area contributed by atoms with Gasteiger partial charge in [-0.15, -0.1) is 0 Å². The van der Waals surface area contributed by atoms with Gasteiger partial charge in [0.05, 0.1) is 26.2 Å². The zero-order chi connectivity index (χ0) is 16.9. The predicted molar refractivity (Wildman–Crippen MR) is 91.5 cm³/mol. The van der Waals surface area contributed by atoms with E-state index in [0.29, 0.717) is 0 Å². The van der Waals surface area contributed by atoms with Crippen LogP contribution in [-0.4, -0.2) is 54.5 Å². The van der Waals surface area contributed by atoms with E-state index in [9.17, 15) is 9.59 Å². The minimum absolute atomic E-state index is 0.00730. The molecule has 0 radical (unpaired) electrons. The van der Waals surface area contributed by atoms with Gasteiger partial charge in [0.1, 0.15) is 0 Å². The van der Waals surface area contributed by atoms with Gasteiger partial charge in [0.25, 0.3) is 5.91 Å². The van der Waals surface area contributed by atoms with Crippen LogP contribution in [0.2, 0.25) is 0 Å². The van der Waals surface area contributed by atoms with Crippen molar-refractivity contribution in [2.24, 2.45) is 17.8 Å². The number of hydrogen-bond donors (Lipinski definition) is 2. The Labute approximate surface area is 145 Å². The molecule has 1 aliphatic heterocycles. The molecule has 1 heterocycles. The van der Waals surface area contributed by atoms with Crippen molar-refractivity contribution in [3.8, 4) is 0 Å². The molecule has 0 aromatic heterocycles. The third-order valence-corrected chi connectivity index (χ3v) is 7.28. The number of rotatable bonds is 3. The highest BCUT2D eigenvalue weighted by atomic mass is 16.2. The smallest absolute Gasteiger partial charge is 0.278 e. The molecule has 5 nitrogen and oxygen atoms in total. The summed E-state index contributed by atoms with van der Waals surface area (Å²) in [5.74, 6) is 2.97. The lowest BCUT2D eigenvalue weighted by molar-refractivity contribution is -0.918. The standard InChI is InChI=1S/C19H31N3O2/c1-13(21-3-5-22(6-4-21)14(2)23)18(24)20-19-10-15-7-16(11-19)9-17(8-15)12-19/h13,15-17H,3-12H2,1-2H3,(H,20,24)/p+1/t13-,15?,16?,17?,19?/m1/s1. The quantitative estimate of drug-likeness (QED) is 0.775. The lowest BCUT2D eigenvalue weighted by Gasteiger charge is -2.57. The summed E-state index contributed by atoms with van der Waals surface area (Å²) < 4.78 is 0. The van der Waals surface area contributed by atoms with Gasteiger partial charge in [-0.25, -0.2) is 0 Å². The molecule has 5 rings (SSSR count). The molecule has 2 N–H and O–H groups in total. The summed E-state index contributed by atoms with van der Waals surface area (Å²) in [4.78, 5) is 27.6. The largest absolute Gasteiger partial charge is 0.345 e. The molecule has 5 heteroatoms. The zero-order valence-corrected chi connectivity index (χ0v) is 15.1. The maximum atomic E-state index is 12.9. The Balaban J connectivity index is 1.35. The molecule has 0 spiro atoms. The fourth-order valence-electron chi connectivity index (χ4n) is 6.36. The van der Waals surface area contributed by atoms with Gasteiger partial charge in [0, 0.05) is 12.5 Å². The molecule has 134 valence electrons. The van der Waals surface area contributed by atoms with E-state index in [1.54, 1.807) is 6.92 Å². The van der Waals surface area contributed by atoms with E-state index in [0.717, 1.165) is 43.9 Å². The highest BCUT2D eigenvalue weighted by Crippen LogP contribution is 2.55. The number of nitrogens with one attached hydrogen (secondary N) is 2. The number of carbonyl (C=O) groups excluding carboxylic acids is 2. The molecule has 0 aromatic carbocycles. The summed E-state index contributed by atoms with van der Waals surface area (Å²) in [7, 11) is 0. The summed E-state index contributed by atoms with van der Waals surface area (Å²) >= 11 is 0. The van der Waals surface area contributed by atoms with Gasteiger partial charge < -0.3 is 15.1 Å². The van der Waals surface area contributed by atoms with Gasteiger partial charge >= 0.3 is 0 Å². The number of piperazine rings is 1. The predicted octanol–water partition coefficient (Wildman–Crippen LogP) is 0.207. The molecule has 5 fully saturated rings. The lowest BCUT2D eigenvalue weighted by atomic mass is 9.53. The van der Waals surface area contributed by atoms with E-state index in [1.165, 1.54) is 43.4 Å². The van der Waals surface area contributed by atoms with Crippen molar-refractivity contribution in [3.63, 3.8) is 0 Å². The van der Waals surface area contributed by atoms with Gasteiger partial charge in [-0.05, 0) is 63.2 Å². The van der Waals surface area contributed by atoms with Crippen molar-refractivity contribution < 1.29 is 14.5 Å². The Morgan fingerprint density at radius 3 is 2.00 bits per heavy atom. The van der Waals surface area contributed by atoms with Gasteiger partial charge in [-0.2, -0.15) is 0 Å². The SMILES string of the molecule is CC(=O)N1CC[NH+]([C@H](C)C(=O)NC23CC4CC(CC(C4)C2)C3)CC1. The second-order valence-corrected chi connectivity index (χ2v) is 9.07. The highest BCUT2D eigenvalue weighted by molar-refractivity contribution is 5.81. The van der Waals surface area contributed by atoms with Crippen LogP contribution in [-0.2, 0) is 9.59 Å². The van der Waals surface area contributed by atoms with Crippen LogP contribution in [0.5, 0.6) is 0 Å². The topological polar surface area (TPSA) is 53.9 Å². The number of hydrogen-bond acceptors (Lipinski definition) is 2. The van der Waals surface area contributed by atoms with Crippen molar-refractivity contribution >= 4 is 11.8 Å². The number of amides is 2. The fourth-order valence-corrected chi connectivity index (χ4v) is 6.36. The van der Waals surface area contributed by atoms with Crippen molar-refractivity contribution in [2.75, 3.05) is 26.2 Å². The fraction of sp³-hybridized carbons (Fsp3) is 0.895. The van der Waals surface area contributed by atoms with Crippen LogP contribution in [0.4, 0.5) is 0 Å². The Morgan fingerprint density at radius 1 is 1.04 bits per heavy atom. The first kappa shape index (κ1) is 16.4. The van der Waals surface area contributed by atoms with E-state index in [1.807, 2.05) is 4.90 Å². The lowest BCUT2D eigenvalue weighted by Crippen LogP contribution is -3.19. The average Bonchev–Trinajstić information content (AvgIpc) is 2.52. The van der Waals surface area contributed by atoms with E-state index in [4.69, 9.17) is 0 Å². The van der Waals surface area contributed by atoms with Crippen molar-refractivity contribution in [2.45, 2.75) is 64.0 Å². The molecule has 2 amide bonds. The first-order valence-electron chi connectivity index (χ1n) is 9.86. The van der Waals surface area contributed by atoms with E-state index in [2.05, 4.69) is 12.2 Å². The third-order valence-electron chi connectivity index (χ3n) is 7.28. The van der Waals surface area contributed by atoms with E-state index in [-0.39, 0.29) is 23.4 Å². The van der Waals surface area contributed by atoms with Crippen LogP contribution in [0.25, 0.3) is 0 Å². The summed E-state index contributed by atoms with van der Waals surface area (Å²) in [6.45, 7) is 7.02. The van der Waals surface area contributed by atoms with Crippen molar-refractivity contribution in [1.29, 1.82) is 0 Å². The van der Waals surface area contributed by atoms with Crippen LogP contribution in [0.1, 0.15) is 52.4 Å². The maximum absolute atomic E-state index is 12.9. The van der Waals surface area contributed by atoms with E-state index < -0.39 is 0 Å². The minimum Gasteiger partial charge on any atom is -0.345 e. The molecular weight excluding hydrogens is 302 g/mol. The Hall–Kier alpha value is -1.10. The molecular formula is C19H32N3O2+. The molecule has 4 aliphatic carbocycles. The molecule has 4 bridgehead atoms. The number of nitrogens with zero attached hydrogens (tertiary/aromatic N) is 1. The van der Waals surface area contributed by atoms with Crippen LogP contribution in [0.3, 0.4) is 0 Å². The van der Waals surface area contributed by atoms with Crippen LogP contribution in [0, 0.1) is 17.8 Å². The van der Waals surface area contributed by atoms with Gasteiger partial charge in [0.2, 0.25) is 5.91 Å². The van der Waals surface area contributed by atoms with Gasteiger partial charge in [0.15, 0.2) is 6.04 Å². The Morgan fingerprint density at radius 2 is 1.54 bits per heavy atom. The molecule has 24 heavy (non-hydrogen) atoms. The summed E-state index contributed by atoms with van der Waals surface area (Å²) in [6, 6.07) is -0.00730. The summed E-state index contributed by atoms with van der Waals surface area (Å²) in [6.07, 6.45) is 7.86. The van der Waals surface area contributed by atoms with Crippen LogP contribution >= 0.6 is 0 Å². The number of quaternary nitrogens is 1. The van der Waals surface area contributed by atoms with E-state index >= 15 is 0 Å².